The van der Waals surface area contributed by atoms with E-state index in [4.69, 9.17) is 11.6 Å². The van der Waals surface area contributed by atoms with Gasteiger partial charge < -0.3 is 4.74 Å². The molecule has 5 heteroatoms. The Hall–Kier alpha value is -1.42. The Balaban J connectivity index is 2.45. The second kappa shape index (κ2) is 3.98. The van der Waals surface area contributed by atoms with Gasteiger partial charge in [-0.25, -0.2) is 0 Å². The van der Waals surface area contributed by atoms with E-state index in [0.29, 0.717) is 15.9 Å². The molecule has 78 valence electrons. The zero-order valence-electron chi connectivity index (χ0n) is 7.45. The second-order valence-electron chi connectivity index (χ2n) is 2.89. The van der Waals surface area contributed by atoms with Gasteiger partial charge in [0, 0.05) is 10.4 Å². The number of aromatic nitrogens is 1. The van der Waals surface area contributed by atoms with Gasteiger partial charge in [-0.05, 0) is 24.3 Å². The van der Waals surface area contributed by atoms with Crippen molar-refractivity contribution in [1.29, 1.82) is 0 Å². The van der Waals surface area contributed by atoms with E-state index in [-0.39, 0.29) is 5.75 Å². The normalized spacial score (nSPS) is 10.9. The average molecular weight is 230 g/mol. The van der Waals surface area contributed by atoms with Crippen LogP contribution in [0.4, 0.5) is 8.78 Å². The maximum absolute atomic E-state index is 11.9. The summed E-state index contributed by atoms with van der Waals surface area (Å²) < 4.78 is 28.1. The fraction of sp³-hybridized carbons (Fsp3) is 0.100. The zero-order chi connectivity index (χ0) is 10.8. The minimum absolute atomic E-state index is 0.0276. The molecule has 0 spiro atoms. The van der Waals surface area contributed by atoms with Crippen molar-refractivity contribution in [2.24, 2.45) is 0 Å². The lowest BCUT2D eigenvalue weighted by Gasteiger charge is -2.04. The first kappa shape index (κ1) is 10.1. The molecule has 2 nitrogen and oxygen atoms in total. The summed E-state index contributed by atoms with van der Waals surface area (Å²) in [5.41, 5.74) is 0.681. The van der Waals surface area contributed by atoms with Gasteiger partial charge >= 0.3 is 6.61 Å². The van der Waals surface area contributed by atoms with Crippen molar-refractivity contribution >= 4 is 22.5 Å². The van der Waals surface area contributed by atoms with Gasteiger partial charge in [0.05, 0.1) is 11.7 Å². The third-order valence-corrected chi connectivity index (χ3v) is 2.08. The Morgan fingerprint density at radius 1 is 1.27 bits per heavy atom. The molecule has 0 bridgehead atoms. The highest BCUT2D eigenvalue weighted by Gasteiger charge is 2.05. The molecule has 1 aromatic heterocycles. The number of halogens is 3. The third kappa shape index (κ3) is 2.33. The number of pyridine rings is 1. The Morgan fingerprint density at radius 3 is 2.80 bits per heavy atom. The molecule has 0 saturated heterocycles. The van der Waals surface area contributed by atoms with Crippen molar-refractivity contribution < 1.29 is 13.5 Å². The lowest BCUT2D eigenvalue weighted by atomic mass is 10.2. The van der Waals surface area contributed by atoms with Crippen molar-refractivity contribution in [2.45, 2.75) is 6.61 Å². The molecule has 0 atom stereocenters. The van der Waals surface area contributed by atoms with Crippen LogP contribution in [0.5, 0.6) is 5.75 Å². The van der Waals surface area contributed by atoms with Crippen LogP contribution in [-0.4, -0.2) is 11.6 Å². The van der Waals surface area contributed by atoms with Gasteiger partial charge in [0.1, 0.15) is 5.75 Å². The summed E-state index contributed by atoms with van der Waals surface area (Å²) in [4.78, 5) is 3.96. The Bertz CT molecular complexity index is 490. The van der Waals surface area contributed by atoms with Gasteiger partial charge in [0.15, 0.2) is 0 Å². The van der Waals surface area contributed by atoms with Crippen LogP contribution >= 0.6 is 11.6 Å². The minimum Gasteiger partial charge on any atom is -0.433 e. The molecule has 2 rings (SSSR count). The molecule has 15 heavy (non-hydrogen) atoms. The predicted molar refractivity (Wildman–Crippen MR) is 53.4 cm³/mol. The van der Waals surface area contributed by atoms with Crippen LogP contribution in [-0.2, 0) is 0 Å². The number of hydrogen-bond donors (Lipinski definition) is 0. The zero-order valence-corrected chi connectivity index (χ0v) is 8.21. The van der Waals surface area contributed by atoms with Crippen LogP contribution in [0.3, 0.4) is 0 Å². The van der Waals surface area contributed by atoms with Crippen molar-refractivity contribution in [3.8, 4) is 5.75 Å². The minimum atomic E-state index is -2.84. The molecule has 1 heterocycles. The highest BCUT2D eigenvalue weighted by atomic mass is 35.5. The standard InChI is InChI=1S/C10H6ClF2NO/c11-7-1-2-9-6(3-7)4-8(5-14-9)15-10(12)13/h1-5,10H. The first-order valence-corrected chi connectivity index (χ1v) is 4.53. The highest BCUT2D eigenvalue weighted by Crippen LogP contribution is 2.22. The first-order valence-electron chi connectivity index (χ1n) is 4.15. The predicted octanol–water partition coefficient (Wildman–Crippen LogP) is 3.49. The summed E-state index contributed by atoms with van der Waals surface area (Å²) in [7, 11) is 0. The number of benzene rings is 1. The van der Waals surface area contributed by atoms with Crippen molar-refractivity contribution in [3.05, 3.63) is 35.5 Å². The fourth-order valence-electron chi connectivity index (χ4n) is 1.25. The maximum atomic E-state index is 11.9. The number of rotatable bonds is 2. The van der Waals surface area contributed by atoms with Gasteiger partial charge in [0.25, 0.3) is 0 Å². The quantitative estimate of drug-likeness (QED) is 0.787. The molecular formula is C10H6ClF2NO. The fourth-order valence-corrected chi connectivity index (χ4v) is 1.43. The van der Waals surface area contributed by atoms with Crippen LogP contribution < -0.4 is 4.74 Å². The SMILES string of the molecule is FC(F)Oc1cnc2ccc(Cl)cc2c1. The second-order valence-corrected chi connectivity index (χ2v) is 3.32. The monoisotopic (exact) mass is 229 g/mol. The number of nitrogens with zero attached hydrogens (tertiary/aromatic N) is 1. The molecule has 2 aromatic rings. The van der Waals surface area contributed by atoms with Crippen LogP contribution in [0.1, 0.15) is 0 Å². The molecule has 0 fully saturated rings. The summed E-state index contributed by atoms with van der Waals surface area (Å²) in [5.74, 6) is 0.0276. The Labute approximate surface area is 89.4 Å². The van der Waals surface area contributed by atoms with Gasteiger partial charge in [-0.1, -0.05) is 11.6 Å². The summed E-state index contributed by atoms with van der Waals surface area (Å²) in [5, 5.41) is 1.19. The van der Waals surface area contributed by atoms with E-state index < -0.39 is 6.61 Å². The van der Waals surface area contributed by atoms with Crippen LogP contribution in [0.2, 0.25) is 5.02 Å². The number of fused-ring (bicyclic) bond motifs is 1. The topological polar surface area (TPSA) is 22.1 Å². The van der Waals surface area contributed by atoms with Crippen LogP contribution in [0, 0.1) is 0 Å². The molecule has 0 aliphatic carbocycles. The molecule has 0 aliphatic heterocycles. The lowest BCUT2D eigenvalue weighted by Crippen LogP contribution is -2.01. The lowest BCUT2D eigenvalue weighted by molar-refractivity contribution is -0.0499. The Kier molecular flexibility index (Phi) is 2.68. The third-order valence-electron chi connectivity index (χ3n) is 1.84. The van der Waals surface area contributed by atoms with Gasteiger partial charge in [-0.2, -0.15) is 8.78 Å². The van der Waals surface area contributed by atoms with E-state index in [1.165, 1.54) is 12.3 Å². The van der Waals surface area contributed by atoms with E-state index in [1.807, 2.05) is 0 Å². The van der Waals surface area contributed by atoms with Crippen molar-refractivity contribution in [2.75, 3.05) is 0 Å². The molecule has 0 amide bonds. The smallest absolute Gasteiger partial charge is 0.387 e. The molecule has 0 N–H and O–H groups in total. The molecular weight excluding hydrogens is 224 g/mol. The van der Waals surface area contributed by atoms with E-state index in [0.717, 1.165) is 0 Å². The number of ether oxygens (including phenoxy) is 1. The molecule has 0 aliphatic rings. The Morgan fingerprint density at radius 2 is 2.07 bits per heavy atom. The average Bonchev–Trinajstić information content (AvgIpc) is 2.16. The largest absolute Gasteiger partial charge is 0.433 e. The van der Waals surface area contributed by atoms with E-state index in [9.17, 15) is 8.78 Å². The number of alkyl halides is 2. The molecule has 0 unspecified atom stereocenters. The van der Waals surface area contributed by atoms with E-state index in [1.54, 1.807) is 18.2 Å². The van der Waals surface area contributed by atoms with Gasteiger partial charge in [0.2, 0.25) is 0 Å². The first-order chi connectivity index (χ1) is 7.15. The van der Waals surface area contributed by atoms with Gasteiger partial charge in [-0.3, -0.25) is 4.98 Å². The summed E-state index contributed by atoms with van der Waals surface area (Å²) in [6.07, 6.45) is 1.25. The molecule has 0 saturated carbocycles. The van der Waals surface area contributed by atoms with Crippen LogP contribution in [0.25, 0.3) is 10.9 Å². The summed E-state index contributed by atoms with van der Waals surface area (Å²) in [6, 6.07) is 6.51. The van der Waals surface area contributed by atoms with E-state index in [2.05, 4.69) is 9.72 Å². The van der Waals surface area contributed by atoms with Crippen molar-refractivity contribution in [1.82, 2.24) is 4.98 Å². The molecule has 0 radical (unpaired) electrons. The van der Waals surface area contributed by atoms with Gasteiger partial charge in [-0.15, -0.1) is 0 Å². The summed E-state index contributed by atoms with van der Waals surface area (Å²) in [6.45, 7) is -2.84. The molecule has 1 aromatic carbocycles. The maximum Gasteiger partial charge on any atom is 0.387 e. The number of hydrogen-bond acceptors (Lipinski definition) is 2. The van der Waals surface area contributed by atoms with Crippen molar-refractivity contribution in [3.63, 3.8) is 0 Å². The van der Waals surface area contributed by atoms with Crippen LogP contribution in [0.15, 0.2) is 30.5 Å². The van der Waals surface area contributed by atoms with E-state index >= 15 is 0 Å². The summed E-state index contributed by atoms with van der Waals surface area (Å²) >= 11 is 5.76. The highest BCUT2D eigenvalue weighted by molar-refractivity contribution is 6.31.